The maximum Gasteiger partial charge on any atom is 0.407 e. The highest BCUT2D eigenvalue weighted by molar-refractivity contribution is 5.81. The van der Waals surface area contributed by atoms with E-state index in [4.69, 9.17) is 4.74 Å². The molecule has 0 aliphatic heterocycles. The SMILES string of the molecule is CC1(C)CC(C(NC(=O)OCC2c3ccccc3-c3ccccc32)C(=O)O)C1. The zero-order chi connectivity index (χ0) is 19.9. The molecular formula is C23H25NO4. The Morgan fingerprint density at radius 2 is 1.61 bits per heavy atom. The van der Waals surface area contributed by atoms with E-state index in [1.165, 1.54) is 0 Å². The smallest absolute Gasteiger partial charge is 0.407 e. The number of ether oxygens (including phenoxy) is 1. The fraction of sp³-hybridized carbons (Fsp3) is 0.391. The second-order valence-electron chi connectivity index (χ2n) is 8.62. The molecule has 1 unspecified atom stereocenters. The summed E-state index contributed by atoms with van der Waals surface area (Å²) in [7, 11) is 0. The zero-order valence-corrected chi connectivity index (χ0v) is 16.1. The Hall–Kier alpha value is -2.82. The van der Waals surface area contributed by atoms with Gasteiger partial charge in [-0.05, 0) is 46.4 Å². The van der Waals surface area contributed by atoms with Crippen molar-refractivity contribution in [1.82, 2.24) is 5.32 Å². The molecule has 0 heterocycles. The normalized spacial score (nSPS) is 18.5. The van der Waals surface area contributed by atoms with Crippen LogP contribution < -0.4 is 5.32 Å². The van der Waals surface area contributed by atoms with E-state index < -0.39 is 18.1 Å². The molecule has 5 heteroatoms. The lowest BCUT2D eigenvalue weighted by Crippen LogP contribution is -2.52. The van der Waals surface area contributed by atoms with E-state index in [1.54, 1.807) is 0 Å². The van der Waals surface area contributed by atoms with E-state index in [0.29, 0.717) is 0 Å². The van der Waals surface area contributed by atoms with E-state index in [0.717, 1.165) is 35.1 Å². The molecule has 146 valence electrons. The van der Waals surface area contributed by atoms with E-state index >= 15 is 0 Å². The number of hydrogen-bond acceptors (Lipinski definition) is 3. The monoisotopic (exact) mass is 379 g/mol. The van der Waals surface area contributed by atoms with Crippen molar-refractivity contribution in [3.8, 4) is 11.1 Å². The molecule has 5 nitrogen and oxygen atoms in total. The third-order valence-corrected chi connectivity index (χ3v) is 5.98. The Morgan fingerprint density at radius 3 is 2.11 bits per heavy atom. The van der Waals surface area contributed by atoms with Crippen LogP contribution in [-0.4, -0.2) is 29.8 Å². The van der Waals surface area contributed by atoms with E-state index in [1.807, 2.05) is 24.3 Å². The van der Waals surface area contributed by atoms with Crippen LogP contribution in [0, 0.1) is 11.3 Å². The van der Waals surface area contributed by atoms with Crippen molar-refractivity contribution in [1.29, 1.82) is 0 Å². The quantitative estimate of drug-likeness (QED) is 0.807. The van der Waals surface area contributed by atoms with Crippen molar-refractivity contribution in [3.63, 3.8) is 0 Å². The summed E-state index contributed by atoms with van der Waals surface area (Å²) in [5, 5.41) is 12.1. The lowest BCUT2D eigenvalue weighted by molar-refractivity contribution is -0.143. The standard InChI is InChI=1S/C23H25NO4/c1-23(2)11-14(12-23)20(21(25)26)24-22(27)28-13-19-17-9-5-3-7-15(17)16-8-4-6-10-18(16)19/h3-10,14,19-20H,11-13H2,1-2H3,(H,24,27)(H,25,26). The Bertz CT molecular complexity index is 867. The van der Waals surface area contributed by atoms with Crippen molar-refractivity contribution in [3.05, 3.63) is 59.7 Å². The van der Waals surface area contributed by atoms with Gasteiger partial charge in [0.05, 0.1) is 0 Å². The highest BCUT2D eigenvalue weighted by atomic mass is 16.5. The first-order chi connectivity index (χ1) is 13.4. The molecule has 0 bridgehead atoms. The van der Waals surface area contributed by atoms with Gasteiger partial charge < -0.3 is 15.2 Å². The Morgan fingerprint density at radius 1 is 1.07 bits per heavy atom. The number of carboxylic acids is 1. The van der Waals surface area contributed by atoms with Crippen LogP contribution in [0.4, 0.5) is 4.79 Å². The molecule has 2 N–H and O–H groups in total. The van der Waals surface area contributed by atoms with E-state index in [-0.39, 0.29) is 23.9 Å². The molecule has 1 atom stereocenters. The summed E-state index contributed by atoms with van der Waals surface area (Å²) in [5.41, 5.74) is 4.72. The van der Waals surface area contributed by atoms with E-state index in [9.17, 15) is 14.7 Å². The number of fused-ring (bicyclic) bond motifs is 3. The minimum absolute atomic E-state index is 0.0379. The molecule has 1 saturated carbocycles. The second-order valence-corrected chi connectivity index (χ2v) is 8.62. The van der Waals surface area contributed by atoms with Crippen molar-refractivity contribution in [2.75, 3.05) is 6.61 Å². The molecule has 28 heavy (non-hydrogen) atoms. The van der Waals surface area contributed by atoms with Crippen LogP contribution >= 0.6 is 0 Å². The predicted octanol–water partition coefficient (Wildman–Crippen LogP) is 4.41. The number of carbonyl (C=O) groups excluding carboxylic acids is 1. The summed E-state index contributed by atoms with van der Waals surface area (Å²) in [6.07, 6.45) is 0.903. The molecule has 0 aromatic heterocycles. The number of aliphatic carboxylic acids is 1. The number of benzene rings is 2. The maximum atomic E-state index is 12.3. The largest absolute Gasteiger partial charge is 0.480 e. The molecule has 1 amide bonds. The topological polar surface area (TPSA) is 75.6 Å². The fourth-order valence-electron chi connectivity index (χ4n) is 4.74. The highest BCUT2D eigenvalue weighted by Gasteiger charge is 2.44. The van der Waals surface area contributed by atoms with Crippen LogP contribution in [0.1, 0.15) is 43.7 Å². The maximum absolute atomic E-state index is 12.3. The Labute approximate surface area is 164 Å². The van der Waals surface area contributed by atoms with Crippen molar-refractivity contribution >= 4 is 12.1 Å². The molecule has 0 saturated heterocycles. The van der Waals surface area contributed by atoms with Gasteiger partial charge in [0.1, 0.15) is 12.6 Å². The average molecular weight is 379 g/mol. The van der Waals surface area contributed by atoms with Crippen molar-refractivity contribution < 1.29 is 19.4 Å². The number of alkyl carbamates (subject to hydrolysis) is 1. The first-order valence-electron chi connectivity index (χ1n) is 9.70. The average Bonchev–Trinajstić information content (AvgIpc) is 2.96. The predicted molar refractivity (Wildman–Crippen MR) is 106 cm³/mol. The van der Waals surface area contributed by atoms with E-state index in [2.05, 4.69) is 43.4 Å². The van der Waals surface area contributed by atoms with Gasteiger partial charge in [0.15, 0.2) is 0 Å². The number of carbonyl (C=O) groups is 2. The number of rotatable bonds is 5. The minimum atomic E-state index is -1.01. The van der Waals surface area contributed by atoms with Gasteiger partial charge in [-0.15, -0.1) is 0 Å². The number of amides is 1. The summed E-state index contributed by atoms with van der Waals surface area (Å²) in [4.78, 5) is 23.9. The number of hydrogen-bond donors (Lipinski definition) is 2. The first-order valence-corrected chi connectivity index (χ1v) is 9.70. The van der Waals surface area contributed by atoms with Crippen molar-refractivity contribution in [2.24, 2.45) is 11.3 Å². The molecule has 1 fully saturated rings. The third-order valence-electron chi connectivity index (χ3n) is 5.98. The Balaban J connectivity index is 1.43. The molecule has 0 spiro atoms. The molecule has 2 aliphatic rings. The summed E-state index contributed by atoms with van der Waals surface area (Å²) in [5.74, 6) is -1.09. The molecule has 4 rings (SSSR count). The minimum Gasteiger partial charge on any atom is -0.480 e. The van der Waals surface area contributed by atoms with Gasteiger partial charge in [-0.1, -0.05) is 62.4 Å². The number of carboxylic acid groups (broad SMARTS) is 1. The van der Waals surface area contributed by atoms with Gasteiger partial charge in [0, 0.05) is 5.92 Å². The summed E-state index contributed by atoms with van der Waals surface area (Å²) >= 11 is 0. The van der Waals surface area contributed by atoms with Crippen LogP contribution in [-0.2, 0) is 9.53 Å². The van der Waals surface area contributed by atoms with Crippen LogP contribution in [0.25, 0.3) is 11.1 Å². The lowest BCUT2D eigenvalue weighted by atomic mass is 9.62. The second kappa shape index (κ2) is 6.97. The van der Waals surface area contributed by atoms with Gasteiger partial charge in [0.2, 0.25) is 0 Å². The molecule has 2 aromatic carbocycles. The zero-order valence-electron chi connectivity index (χ0n) is 16.1. The Kier molecular flexibility index (Phi) is 4.61. The number of nitrogens with one attached hydrogen (secondary N) is 1. The molecular weight excluding hydrogens is 354 g/mol. The molecule has 0 radical (unpaired) electrons. The van der Waals surface area contributed by atoms with Gasteiger partial charge >= 0.3 is 12.1 Å². The van der Waals surface area contributed by atoms with Crippen LogP contribution in [0.15, 0.2) is 48.5 Å². The summed E-state index contributed by atoms with van der Waals surface area (Å²) in [6, 6.07) is 15.3. The van der Waals surface area contributed by atoms with Gasteiger partial charge in [-0.25, -0.2) is 9.59 Å². The van der Waals surface area contributed by atoms with Crippen LogP contribution in [0.5, 0.6) is 0 Å². The highest BCUT2D eigenvalue weighted by Crippen LogP contribution is 2.46. The van der Waals surface area contributed by atoms with Gasteiger partial charge in [-0.3, -0.25) is 0 Å². The third kappa shape index (κ3) is 3.37. The molecule has 2 aliphatic carbocycles. The molecule has 2 aromatic rings. The lowest BCUT2D eigenvalue weighted by Gasteiger charge is -2.45. The van der Waals surface area contributed by atoms with Crippen molar-refractivity contribution in [2.45, 2.75) is 38.6 Å². The van der Waals surface area contributed by atoms with Gasteiger partial charge in [0.25, 0.3) is 0 Å². The fourth-order valence-corrected chi connectivity index (χ4v) is 4.74. The summed E-state index contributed by atoms with van der Waals surface area (Å²) < 4.78 is 5.48. The van der Waals surface area contributed by atoms with Crippen LogP contribution in [0.3, 0.4) is 0 Å². The first kappa shape index (κ1) is 18.5. The van der Waals surface area contributed by atoms with Crippen LogP contribution in [0.2, 0.25) is 0 Å². The van der Waals surface area contributed by atoms with Gasteiger partial charge in [-0.2, -0.15) is 0 Å². The summed E-state index contributed by atoms with van der Waals surface area (Å²) in [6.45, 7) is 4.40.